The maximum Gasteiger partial charge on any atom is 0.225 e. The van der Waals surface area contributed by atoms with Gasteiger partial charge in [0.05, 0.1) is 30.0 Å². The molecule has 7 nitrogen and oxygen atoms in total. The number of ether oxygens (including phenoxy) is 1. The van der Waals surface area contributed by atoms with E-state index in [1.54, 1.807) is 11.8 Å². The van der Waals surface area contributed by atoms with Gasteiger partial charge in [-0.25, -0.2) is 13.1 Å². The van der Waals surface area contributed by atoms with Gasteiger partial charge in [0, 0.05) is 12.0 Å². The van der Waals surface area contributed by atoms with Crippen molar-refractivity contribution >= 4 is 21.6 Å². The van der Waals surface area contributed by atoms with E-state index in [9.17, 15) is 13.2 Å². The minimum absolute atomic E-state index is 0.101. The van der Waals surface area contributed by atoms with Crippen molar-refractivity contribution in [2.75, 3.05) is 12.4 Å². The van der Waals surface area contributed by atoms with Crippen molar-refractivity contribution in [1.82, 2.24) is 9.78 Å². The first kappa shape index (κ1) is 20.2. The minimum atomic E-state index is -3.23. The lowest BCUT2D eigenvalue weighted by Gasteiger charge is -2.13. The number of para-hydroxylation sites is 1. The van der Waals surface area contributed by atoms with Gasteiger partial charge in [0.15, 0.2) is 9.84 Å². The molecule has 0 atom stereocenters. The van der Waals surface area contributed by atoms with Crippen LogP contribution >= 0.6 is 0 Å². The highest BCUT2D eigenvalue weighted by Gasteiger charge is 2.33. The number of nitrogens with one attached hydrogen (secondary N) is 1. The SMILES string of the molecule is COc1ccc(CCC(=O)Nc2c3c(nn2-c2ccccc2C)CS(=O)(=O)C3)cc1. The van der Waals surface area contributed by atoms with E-state index in [1.807, 2.05) is 55.5 Å². The average Bonchev–Trinajstić information content (AvgIpc) is 3.19. The topological polar surface area (TPSA) is 90.3 Å². The van der Waals surface area contributed by atoms with E-state index < -0.39 is 9.84 Å². The number of nitrogens with zero attached hydrogens (tertiary/aromatic N) is 2. The Labute approximate surface area is 175 Å². The quantitative estimate of drug-likeness (QED) is 0.655. The van der Waals surface area contributed by atoms with Crippen LogP contribution in [0.15, 0.2) is 48.5 Å². The van der Waals surface area contributed by atoms with Gasteiger partial charge >= 0.3 is 0 Å². The molecule has 156 valence electrons. The third-order valence-corrected chi connectivity index (χ3v) is 6.63. The van der Waals surface area contributed by atoms with Crippen LogP contribution in [0.25, 0.3) is 5.69 Å². The third-order valence-electron chi connectivity index (χ3n) is 5.19. The zero-order valence-corrected chi connectivity index (χ0v) is 17.7. The van der Waals surface area contributed by atoms with Crippen molar-refractivity contribution < 1.29 is 17.9 Å². The van der Waals surface area contributed by atoms with Crippen LogP contribution in [-0.2, 0) is 32.6 Å². The standard InChI is InChI=1S/C22H23N3O4S/c1-15-5-3-4-6-20(15)25-22(18-13-30(27,28)14-19(18)24-25)23-21(26)12-9-16-7-10-17(29-2)11-8-16/h3-8,10-11H,9,12-14H2,1-2H3,(H,23,26). The summed E-state index contributed by atoms with van der Waals surface area (Å²) >= 11 is 0. The number of carbonyl (C=O) groups is 1. The minimum Gasteiger partial charge on any atom is -0.497 e. The van der Waals surface area contributed by atoms with Crippen molar-refractivity contribution in [2.45, 2.75) is 31.3 Å². The number of aromatic nitrogens is 2. The smallest absolute Gasteiger partial charge is 0.225 e. The molecule has 8 heteroatoms. The number of rotatable bonds is 6. The van der Waals surface area contributed by atoms with Crippen LogP contribution in [0.2, 0.25) is 0 Å². The van der Waals surface area contributed by atoms with E-state index in [0.29, 0.717) is 23.5 Å². The Bertz CT molecular complexity index is 1200. The van der Waals surface area contributed by atoms with E-state index in [1.165, 1.54) is 0 Å². The number of sulfone groups is 1. The second kappa shape index (κ2) is 7.95. The van der Waals surface area contributed by atoms with Gasteiger partial charge in [0.2, 0.25) is 5.91 Å². The van der Waals surface area contributed by atoms with E-state index in [2.05, 4.69) is 10.4 Å². The van der Waals surface area contributed by atoms with Crippen molar-refractivity contribution in [3.63, 3.8) is 0 Å². The third kappa shape index (κ3) is 4.09. The number of hydrogen-bond donors (Lipinski definition) is 1. The molecule has 0 spiro atoms. The van der Waals surface area contributed by atoms with Crippen molar-refractivity contribution in [3.05, 3.63) is 70.9 Å². The second-order valence-electron chi connectivity index (χ2n) is 7.40. The molecule has 0 aliphatic carbocycles. The van der Waals surface area contributed by atoms with Gasteiger partial charge < -0.3 is 10.1 Å². The number of benzene rings is 2. The first-order chi connectivity index (χ1) is 14.4. The van der Waals surface area contributed by atoms with Crippen LogP contribution in [0, 0.1) is 6.92 Å². The van der Waals surface area contributed by atoms with Crippen LogP contribution in [0.5, 0.6) is 5.75 Å². The number of carbonyl (C=O) groups excluding carboxylic acids is 1. The molecule has 1 N–H and O–H groups in total. The normalized spacial score (nSPS) is 14.3. The van der Waals surface area contributed by atoms with Crippen molar-refractivity contribution in [1.29, 1.82) is 0 Å². The van der Waals surface area contributed by atoms with E-state index in [0.717, 1.165) is 22.6 Å². The van der Waals surface area contributed by atoms with Gasteiger partial charge in [-0.2, -0.15) is 5.10 Å². The molecule has 1 aromatic heterocycles. The Morgan fingerprint density at radius 2 is 1.87 bits per heavy atom. The summed E-state index contributed by atoms with van der Waals surface area (Å²) in [6.07, 6.45) is 0.835. The maximum absolute atomic E-state index is 12.7. The summed E-state index contributed by atoms with van der Waals surface area (Å²) in [5, 5.41) is 7.44. The summed E-state index contributed by atoms with van der Waals surface area (Å²) in [6, 6.07) is 15.2. The molecule has 0 saturated carbocycles. The van der Waals surface area contributed by atoms with Crippen LogP contribution in [0.4, 0.5) is 5.82 Å². The number of fused-ring (bicyclic) bond motifs is 1. The van der Waals surface area contributed by atoms with Crippen molar-refractivity contribution in [3.8, 4) is 11.4 Å². The molecular formula is C22H23N3O4S. The predicted octanol–water partition coefficient (Wildman–Crippen LogP) is 3.19. The fourth-order valence-electron chi connectivity index (χ4n) is 3.59. The van der Waals surface area contributed by atoms with Gasteiger partial charge in [-0.1, -0.05) is 30.3 Å². The Morgan fingerprint density at radius 3 is 2.57 bits per heavy atom. The lowest BCUT2D eigenvalue weighted by atomic mass is 10.1. The summed E-state index contributed by atoms with van der Waals surface area (Å²) in [6.45, 7) is 1.95. The number of amides is 1. The molecule has 0 fully saturated rings. The Hall–Kier alpha value is -3.13. The number of anilines is 1. The molecular weight excluding hydrogens is 402 g/mol. The van der Waals surface area contributed by atoms with Crippen LogP contribution < -0.4 is 10.1 Å². The van der Waals surface area contributed by atoms with Gasteiger partial charge in [0.25, 0.3) is 0 Å². The molecule has 1 aliphatic heterocycles. The molecule has 0 bridgehead atoms. The molecule has 1 amide bonds. The summed E-state index contributed by atoms with van der Waals surface area (Å²) in [5.74, 6) is 0.813. The lowest BCUT2D eigenvalue weighted by molar-refractivity contribution is -0.116. The zero-order valence-electron chi connectivity index (χ0n) is 16.9. The molecule has 30 heavy (non-hydrogen) atoms. The molecule has 2 aromatic carbocycles. The fourth-order valence-corrected chi connectivity index (χ4v) is 5.08. The lowest BCUT2D eigenvalue weighted by Crippen LogP contribution is -2.17. The molecule has 4 rings (SSSR count). The first-order valence-corrected chi connectivity index (χ1v) is 11.5. The summed E-state index contributed by atoms with van der Waals surface area (Å²) in [7, 11) is -1.62. The molecule has 3 aromatic rings. The number of methoxy groups -OCH3 is 1. The number of aryl methyl sites for hydroxylation is 2. The molecule has 0 saturated heterocycles. The van der Waals surface area contributed by atoms with Crippen LogP contribution in [0.1, 0.15) is 28.8 Å². The van der Waals surface area contributed by atoms with Gasteiger partial charge in [-0.15, -0.1) is 0 Å². The molecule has 2 heterocycles. The molecule has 0 unspecified atom stereocenters. The largest absolute Gasteiger partial charge is 0.497 e. The highest BCUT2D eigenvalue weighted by atomic mass is 32.2. The first-order valence-electron chi connectivity index (χ1n) is 9.66. The highest BCUT2D eigenvalue weighted by Crippen LogP contribution is 2.33. The highest BCUT2D eigenvalue weighted by molar-refractivity contribution is 7.90. The molecule has 1 aliphatic rings. The maximum atomic E-state index is 12.7. The Kier molecular flexibility index (Phi) is 5.34. The van der Waals surface area contributed by atoms with Crippen LogP contribution in [0.3, 0.4) is 0 Å². The van der Waals surface area contributed by atoms with Crippen LogP contribution in [-0.4, -0.2) is 31.2 Å². The van der Waals surface area contributed by atoms with Gasteiger partial charge in [-0.3, -0.25) is 4.79 Å². The van der Waals surface area contributed by atoms with E-state index in [-0.39, 0.29) is 23.8 Å². The van der Waals surface area contributed by atoms with E-state index >= 15 is 0 Å². The van der Waals surface area contributed by atoms with Gasteiger partial charge in [0.1, 0.15) is 11.6 Å². The summed E-state index contributed by atoms with van der Waals surface area (Å²) in [5.41, 5.74) is 3.90. The van der Waals surface area contributed by atoms with E-state index in [4.69, 9.17) is 4.74 Å². The van der Waals surface area contributed by atoms with Crippen molar-refractivity contribution in [2.24, 2.45) is 0 Å². The molecule has 0 radical (unpaired) electrons. The summed E-state index contributed by atoms with van der Waals surface area (Å²) in [4.78, 5) is 12.7. The van der Waals surface area contributed by atoms with Gasteiger partial charge in [-0.05, 0) is 42.7 Å². The Morgan fingerprint density at radius 1 is 1.13 bits per heavy atom. The fraction of sp³-hybridized carbons (Fsp3) is 0.273. The second-order valence-corrected chi connectivity index (χ2v) is 9.47. The average molecular weight is 426 g/mol. The number of hydrogen-bond acceptors (Lipinski definition) is 5. The summed E-state index contributed by atoms with van der Waals surface area (Å²) < 4.78 is 31.0. The predicted molar refractivity (Wildman–Crippen MR) is 115 cm³/mol. The zero-order chi connectivity index (χ0) is 21.3. The Balaban J connectivity index is 1.58. The monoisotopic (exact) mass is 425 g/mol.